The molecule has 7 heteroatoms. The molecule has 36 heavy (non-hydrogen) atoms. The second-order valence-electron chi connectivity index (χ2n) is 8.94. The van der Waals surface area contributed by atoms with Gasteiger partial charge in [0.15, 0.2) is 11.5 Å². The Balaban J connectivity index is 1.49. The molecular weight excluding hydrogens is 454 g/mol. The first-order valence-electron chi connectivity index (χ1n) is 12.2. The van der Waals surface area contributed by atoms with Crippen LogP contribution >= 0.6 is 0 Å². The third-order valence-corrected chi connectivity index (χ3v) is 6.29. The van der Waals surface area contributed by atoms with E-state index in [0.717, 1.165) is 28.6 Å². The minimum Gasteiger partial charge on any atom is -0.486 e. The summed E-state index contributed by atoms with van der Waals surface area (Å²) in [5.41, 5.74) is 4.88. The van der Waals surface area contributed by atoms with E-state index in [4.69, 9.17) is 9.47 Å². The minimum atomic E-state index is -0.273. The predicted molar refractivity (Wildman–Crippen MR) is 142 cm³/mol. The number of nitrogens with zero attached hydrogens (tertiary/aromatic N) is 1. The lowest BCUT2D eigenvalue weighted by molar-refractivity contribution is -0.116. The number of anilines is 2. The van der Waals surface area contributed by atoms with Crippen molar-refractivity contribution in [2.24, 2.45) is 0 Å². The average Bonchev–Trinajstić information content (AvgIpc) is 2.89. The van der Waals surface area contributed by atoms with Gasteiger partial charge in [0.25, 0.3) is 5.56 Å². The van der Waals surface area contributed by atoms with E-state index in [1.54, 1.807) is 6.07 Å². The first-order valence-corrected chi connectivity index (χ1v) is 12.2. The van der Waals surface area contributed by atoms with Gasteiger partial charge in [0.1, 0.15) is 19.8 Å². The summed E-state index contributed by atoms with van der Waals surface area (Å²) < 4.78 is 13.0. The molecule has 2 N–H and O–H groups in total. The molecule has 0 unspecified atom stereocenters. The minimum absolute atomic E-state index is 0.121. The molecule has 0 bridgehead atoms. The molecule has 0 spiro atoms. The van der Waals surface area contributed by atoms with Crippen LogP contribution in [0, 0.1) is 6.92 Å². The third-order valence-electron chi connectivity index (χ3n) is 6.29. The molecule has 1 aliphatic rings. The smallest absolute Gasteiger partial charge is 0.256 e. The van der Waals surface area contributed by atoms with E-state index >= 15 is 0 Å². The van der Waals surface area contributed by atoms with Gasteiger partial charge in [0.2, 0.25) is 5.91 Å². The molecule has 0 fully saturated rings. The van der Waals surface area contributed by atoms with Crippen molar-refractivity contribution in [2.45, 2.75) is 33.4 Å². The normalized spacial score (nSPS) is 12.4. The van der Waals surface area contributed by atoms with Crippen molar-refractivity contribution >= 4 is 28.2 Å². The van der Waals surface area contributed by atoms with Gasteiger partial charge in [-0.05, 0) is 55.3 Å². The van der Waals surface area contributed by atoms with Crippen molar-refractivity contribution in [1.82, 2.24) is 4.57 Å². The summed E-state index contributed by atoms with van der Waals surface area (Å²) in [6, 6.07) is 21.2. The number of aryl methyl sites for hydroxylation is 2. The lowest BCUT2D eigenvalue weighted by Crippen LogP contribution is -2.31. The average molecular weight is 484 g/mol. The van der Waals surface area contributed by atoms with Gasteiger partial charge >= 0.3 is 0 Å². The SMILES string of the molecule is CCc1cccc(NC(=O)Cn2c(=O)c(CNc3ccc(C)cc3)cc3cc4c(cc32)OCCO4)c1. The summed E-state index contributed by atoms with van der Waals surface area (Å²) in [7, 11) is 0. The molecule has 1 aliphatic heterocycles. The summed E-state index contributed by atoms with van der Waals surface area (Å²) >= 11 is 0. The fourth-order valence-electron chi connectivity index (χ4n) is 4.34. The summed E-state index contributed by atoms with van der Waals surface area (Å²) in [6.45, 7) is 5.21. The van der Waals surface area contributed by atoms with E-state index in [1.807, 2.05) is 67.6 Å². The fourth-order valence-corrected chi connectivity index (χ4v) is 4.34. The Morgan fingerprint density at radius 3 is 2.44 bits per heavy atom. The van der Waals surface area contributed by atoms with Crippen molar-refractivity contribution < 1.29 is 14.3 Å². The topological polar surface area (TPSA) is 81.6 Å². The quantitative estimate of drug-likeness (QED) is 0.391. The molecule has 2 heterocycles. The standard InChI is InChI=1S/C29H29N3O4/c1-3-20-5-4-6-24(13-20)31-28(33)18-32-25-16-27-26(35-11-12-36-27)15-21(25)14-22(29(32)34)17-30-23-9-7-19(2)8-10-23/h4-10,13-16,30H,3,11-12,17-18H2,1-2H3,(H,31,33). The van der Waals surface area contributed by atoms with Gasteiger partial charge in [-0.2, -0.15) is 0 Å². The fraction of sp³-hybridized carbons (Fsp3) is 0.241. The lowest BCUT2D eigenvalue weighted by atomic mass is 10.1. The number of hydrogen-bond acceptors (Lipinski definition) is 5. The molecule has 3 aromatic carbocycles. The first kappa shape index (κ1) is 23.5. The van der Waals surface area contributed by atoms with Crippen LogP contribution in [0.15, 0.2) is 71.5 Å². The van der Waals surface area contributed by atoms with E-state index in [-0.39, 0.29) is 18.0 Å². The van der Waals surface area contributed by atoms with Crippen LogP contribution in [0.5, 0.6) is 11.5 Å². The largest absolute Gasteiger partial charge is 0.486 e. The number of rotatable bonds is 7. The highest BCUT2D eigenvalue weighted by Gasteiger charge is 2.18. The van der Waals surface area contributed by atoms with Crippen LogP contribution in [-0.2, 0) is 24.3 Å². The highest BCUT2D eigenvalue weighted by atomic mass is 16.6. The Kier molecular flexibility index (Phi) is 6.62. The third kappa shape index (κ3) is 5.05. The van der Waals surface area contributed by atoms with E-state index in [9.17, 15) is 9.59 Å². The van der Waals surface area contributed by atoms with Crippen molar-refractivity contribution in [1.29, 1.82) is 0 Å². The summed E-state index contributed by atoms with van der Waals surface area (Å²) in [6.07, 6.45) is 0.872. The van der Waals surface area contributed by atoms with Crippen molar-refractivity contribution in [2.75, 3.05) is 23.8 Å². The molecule has 0 saturated heterocycles. The van der Waals surface area contributed by atoms with Crippen LogP contribution < -0.4 is 25.7 Å². The maximum atomic E-state index is 13.6. The lowest BCUT2D eigenvalue weighted by Gasteiger charge is -2.21. The summed E-state index contributed by atoms with van der Waals surface area (Å²) in [4.78, 5) is 26.6. The molecule has 184 valence electrons. The molecule has 0 radical (unpaired) electrons. The van der Waals surface area contributed by atoms with Gasteiger partial charge in [-0.15, -0.1) is 0 Å². The number of nitrogens with one attached hydrogen (secondary N) is 2. The first-order chi connectivity index (χ1) is 17.5. The molecule has 7 nitrogen and oxygen atoms in total. The zero-order valence-electron chi connectivity index (χ0n) is 20.5. The van der Waals surface area contributed by atoms with Gasteiger partial charge in [0, 0.05) is 34.9 Å². The van der Waals surface area contributed by atoms with Crippen LogP contribution in [0.1, 0.15) is 23.6 Å². The summed E-state index contributed by atoms with van der Waals surface area (Å²) in [5.74, 6) is 0.936. The summed E-state index contributed by atoms with van der Waals surface area (Å²) in [5, 5.41) is 7.06. The van der Waals surface area contributed by atoms with Crippen molar-refractivity contribution in [3.63, 3.8) is 0 Å². The number of ether oxygens (including phenoxy) is 2. The number of benzene rings is 3. The molecule has 0 aliphatic carbocycles. The van der Waals surface area contributed by atoms with Crippen LogP contribution in [0.25, 0.3) is 10.9 Å². The van der Waals surface area contributed by atoms with Crippen molar-refractivity contribution in [3.05, 3.63) is 93.8 Å². The van der Waals surface area contributed by atoms with Gasteiger partial charge in [-0.25, -0.2) is 0 Å². The van der Waals surface area contributed by atoms with E-state index in [0.29, 0.717) is 48.0 Å². The van der Waals surface area contributed by atoms with Crippen molar-refractivity contribution in [3.8, 4) is 11.5 Å². The molecule has 5 rings (SSSR count). The molecule has 4 aromatic rings. The zero-order chi connectivity index (χ0) is 25.1. The molecule has 0 saturated carbocycles. The molecular formula is C29H29N3O4. The Labute approximate surface area is 209 Å². The Bertz CT molecular complexity index is 1470. The maximum absolute atomic E-state index is 13.6. The van der Waals surface area contributed by atoms with Crippen LogP contribution in [0.4, 0.5) is 11.4 Å². The van der Waals surface area contributed by atoms with Gasteiger partial charge in [0.05, 0.1) is 5.52 Å². The van der Waals surface area contributed by atoms with Gasteiger partial charge in [-0.3, -0.25) is 14.2 Å². The molecule has 0 atom stereocenters. The second-order valence-corrected chi connectivity index (χ2v) is 8.94. The second kappa shape index (κ2) is 10.2. The monoisotopic (exact) mass is 483 g/mol. The number of carbonyl (C=O) groups is 1. The highest BCUT2D eigenvalue weighted by molar-refractivity contribution is 5.92. The van der Waals surface area contributed by atoms with Crippen LogP contribution in [0.2, 0.25) is 0 Å². The number of hydrogen-bond donors (Lipinski definition) is 2. The van der Waals surface area contributed by atoms with E-state index in [1.165, 1.54) is 4.57 Å². The van der Waals surface area contributed by atoms with E-state index in [2.05, 4.69) is 17.6 Å². The van der Waals surface area contributed by atoms with Crippen LogP contribution in [-0.4, -0.2) is 23.7 Å². The Morgan fingerprint density at radius 1 is 0.944 bits per heavy atom. The Morgan fingerprint density at radius 2 is 1.69 bits per heavy atom. The number of carbonyl (C=O) groups excluding carboxylic acids is 1. The number of pyridine rings is 1. The molecule has 1 aromatic heterocycles. The predicted octanol–water partition coefficient (Wildman–Crippen LogP) is 4.89. The zero-order valence-corrected chi connectivity index (χ0v) is 20.5. The number of aromatic nitrogens is 1. The Hall–Kier alpha value is -4.26. The highest BCUT2D eigenvalue weighted by Crippen LogP contribution is 2.34. The maximum Gasteiger partial charge on any atom is 0.256 e. The van der Waals surface area contributed by atoms with Gasteiger partial charge < -0.3 is 20.1 Å². The van der Waals surface area contributed by atoms with Crippen LogP contribution in [0.3, 0.4) is 0 Å². The van der Waals surface area contributed by atoms with E-state index < -0.39 is 0 Å². The number of amides is 1. The molecule has 1 amide bonds. The number of fused-ring (bicyclic) bond motifs is 2. The van der Waals surface area contributed by atoms with Gasteiger partial charge in [-0.1, -0.05) is 36.8 Å².